The van der Waals surface area contributed by atoms with Gasteiger partial charge in [-0.2, -0.15) is 10.4 Å². The summed E-state index contributed by atoms with van der Waals surface area (Å²) < 4.78 is 7.53. The molecule has 142 valence electrons. The van der Waals surface area contributed by atoms with E-state index in [2.05, 4.69) is 47.8 Å². The molecule has 0 saturated carbocycles. The highest BCUT2D eigenvalue weighted by molar-refractivity contribution is 5.96. The molecular weight excluding hydrogens is 358 g/mol. The number of aryl methyl sites for hydroxylation is 3. The molecular formula is C25H21N3O. The number of hydrogen-bond donors (Lipinski definition) is 0. The second-order valence-corrected chi connectivity index (χ2v) is 7.39. The number of hydrogen-bond acceptors (Lipinski definition) is 3. The quantitative estimate of drug-likeness (QED) is 0.491. The number of nitrogens with zero attached hydrogens (tertiary/aromatic N) is 3. The van der Waals surface area contributed by atoms with Crippen molar-refractivity contribution >= 4 is 5.52 Å². The first-order valence-electron chi connectivity index (χ1n) is 9.94. The topological polar surface area (TPSA) is 50.3 Å². The zero-order chi connectivity index (χ0) is 20.0. The average molecular weight is 379 g/mol. The van der Waals surface area contributed by atoms with E-state index in [9.17, 15) is 5.26 Å². The molecule has 0 spiro atoms. The van der Waals surface area contributed by atoms with Gasteiger partial charge in [0.05, 0.1) is 30.0 Å². The molecule has 2 aromatic carbocycles. The summed E-state index contributed by atoms with van der Waals surface area (Å²) in [5.41, 5.74) is 9.92. The van der Waals surface area contributed by atoms with E-state index >= 15 is 0 Å². The number of aromatic nitrogens is 2. The van der Waals surface area contributed by atoms with E-state index in [1.807, 2.05) is 24.3 Å². The van der Waals surface area contributed by atoms with Crippen molar-refractivity contribution in [1.82, 2.24) is 9.61 Å². The zero-order valence-electron chi connectivity index (χ0n) is 16.6. The van der Waals surface area contributed by atoms with E-state index in [0.29, 0.717) is 5.56 Å². The third-order valence-electron chi connectivity index (χ3n) is 5.80. The lowest BCUT2D eigenvalue weighted by Crippen LogP contribution is -2.12. The first-order valence-corrected chi connectivity index (χ1v) is 9.94. The van der Waals surface area contributed by atoms with Crippen LogP contribution in [-0.4, -0.2) is 16.7 Å². The van der Waals surface area contributed by atoms with E-state index in [1.165, 1.54) is 22.4 Å². The summed E-state index contributed by atoms with van der Waals surface area (Å²) in [5.74, 6) is 0.880. The van der Waals surface area contributed by atoms with Gasteiger partial charge in [-0.05, 0) is 72.4 Å². The molecule has 4 aromatic rings. The Morgan fingerprint density at radius 3 is 2.76 bits per heavy atom. The fourth-order valence-electron chi connectivity index (χ4n) is 4.39. The van der Waals surface area contributed by atoms with Gasteiger partial charge in [-0.15, -0.1) is 0 Å². The molecule has 0 aliphatic heterocycles. The highest BCUT2D eigenvalue weighted by Crippen LogP contribution is 2.43. The standard InChI is InChI=1S/C25H21N3O/c1-3-19-8-12-23-24(18-6-4-5-16(13-18)15-26)25-21-10-9-20(29-2)14-17(21)7-11-22(25)27-28(19)23/h4-6,8-10,12-14H,3,7,11H2,1-2H3. The molecule has 0 N–H and O–H groups in total. The molecule has 2 aromatic heterocycles. The third-order valence-corrected chi connectivity index (χ3v) is 5.80. The molecule has 0 saturated heterocycles. The van der Waals surface area contributed by atoms with E-state index in [0.717, 1.165) is 47.3 Å². The first-order chi connectivity index (χ1) is 14.2. The monoisotopic (exact) mass is 379 g/mol. The molecule has 0 fully saturated rings. The average Bonchev–Trinajstić information content (AvgIpc) is 3.19. The number of ether oxygens (including phenoxy) is 1. The minimum absolute atomic E-state index is 0.666. The molecule has 5 rings (SSSR count). The molecule has 0 unspecified atom stereocenters. The van der Waals surface area contributed by atoms with Gasteiger partial charge in [0, 0.05) is 16.8 Å². The lowest BCUT2D eigenvalue weighted by atomic mass is 9.84. The van der Waals surface area contributed by atoms with Crippen LogP contribution < -0.4 is 4.74 Å². The molecule has 29 heavy (non-hydrogen) atoms. The molecule has 4 heteroatoms. The number of rotatable bonds is 3. The van der Waals surface area contributed by atoms with Crippen molar-refractivity contribution in [3.8, 4) is 34.1 Å². The highest BCUT2D eigenvalue weighted by Gasteiger charge is 2.25. The Balaban J connectivity index is 1.89. The molecule has 2 heterocycles. The van der Waals surface area contributed by atoms with Gasteiger partial charge in [-0.25, -0.2) is 4.52 Å². The van der Waals surface area contributed by atoms with Crippen molar-refractivity contribution < 1.29 is 4.74 Å². The lowest BCUT2D eigenvalue weighted by Gasteiger charge is -2.24. The molecule has 0 amide bonds. The predicted molar refractivity (Wildman–Crippen MR) is 114 cm³/mol. The van der Waals surface area contributed by atoms with E-state index in [1.54, 1.807) is 7.11 Å². The second kappa shape index (κ2) is 6.79. The first kappa shape index (κ1) is 17.5. The van der Waals surface area contributed by atoms with Crippen LogP contribution in [0.15, 0.2) is 54.6 Å². The zero-order valence-corrected chi connectivity index (χ0v) is 16.6. The van der Waals surface area contributed by atoms with E-state index < -0.39 is 0 Å². The Kier molecular flexibility index (Phi) is 4.10. The molecule has 0 bridgehead atoms. The summed E-state index contributed by atoms with van der Waals surface area (Å²) in [6.07, 6.45) is 2.75. The van der Waals surface area contributed by atoms with Crippen LogP contribution in [0.4, 0.5) is 0 Å². The summed E-state index contributed by atoms with van der Waals surface area (Å²) in [4.78, 5) is 0. The third kappa shape index (κ3) is 2.70. The minimum atomic E-state index is 0.666. The van der Waals surface area contributed by atoms with Gasteiger partial charge in [0.15, 0.2) is 0 Å². The Morgan fingerprint density at radius 1 is 1.07 bits per heavy atom. The van der Waals surface area contributed by atoms with Crippen molar-refractivity contribution in [2.45, 2.75) is 26.2 Å². The SMILES string of the molecule is CCc1ccc2c(-c3cccc(C#N)c3)c3c(nn12)CCc1cc(OC)ccc1-3. The summed E-state index contributed by atoms with van der Waals surface area (Å²) >= 11 is 0. The summed E-state index contributed by atoms with van der Waals surface area (Å²) in [5, 5.41) is 14.5. The van der Waals surface area contributed by atoms with Crippen LogP contribution in [0.1, 0.15) is 29.4 Å². The number of nitriles is 1. The van der Waals surface area contributed by atoms with Crippen LogP contribution in [0, 0.1) is 11.3 Å². The largest absolute Gasteiger partial charge is 0.497 e. The fraction of sp³-hybridized carbons (Fsp3) is 0.200. The fourth-order valence-corrected chi connectivity index (χ4v) is 4.39. The van der Waals surface area contributed by atoms with Crippen LogP contribution in [-0.2, 0) is 19.3 Å². The van der Waals surface area contributed by atoms with E-state index in [4.69, 9.17) is 9.84 Å². The second-order valence-electron chi connectivity index (χ2n) is 7.39. The van der Waals surface area contributed by atoms with Gasteiger partial charge >= 0.3 is 0 Å². The van der Waals surface area contributed by atoms with Gasteiger partial charge in [0.2, 0.25) is 0 Å². The Hall–Kier alpha value is -3.58. The van der Waals surface area contributed by atoms with Crippen molar-refractivity contribution in [3.63, 3.8) is 0 Å². The van der Waals surface area contributed by atoms with Crippen molar-refractivity contribution in [2.75, 3.05) is 7.11 Å². The van der Waals surface area contributed by atoms with Gasteiger partial charge in [0.25, 0.3) is 0 Å². The molecule has 4 nitrogen and oxygen atoms in total. The maximum atomic E-state index is 9.44. The lowest BCUT2D eigenvalue weighted by molar-refractivity contribution is 0.414. The predicted octanol–water partition coefficient (Wildman–Crippen LogP) is 5.21. The van der Waals surface area contributed by atoms with Gasteiger partial charge in [-0.1, -0.05) is 25.1 Å². The Bertz CT molecular complexity index is 1290. The van der Waals surface area contributed by atoms with Gasteiger partial charge < -0.3 is 4.74 Å². The van der Waals surface area contributed by atoms with Crippen molar-refractivity contribution in [2.24, 2.45) is 0 Å². The smallest absolute Gasteiger partial charge is 0.119 e. The van der Waals surface area contributed by atoms with Crippen LogP contribution in [0.25, 0.3) is 27.8 Å². The number of benzene rings is 2. The maximum Gasteiger partial charge on any atom is 0.119 e. The van der Waals surface area contributed by atoms with Crippen LogP contribution in [0.5, 0.6) is 5.75 Å². The minimum Gasteiger partial charge on any atom is -0.497 e. The molecule has 1 aliphatic carbocycles. The molecule has 0 radical (unpaired) electrons. The van der Waals surface area contributed by atoms with Crippen molar-refractivity contribution in [1.29, 1.82) is 5.26 Å². The summed E-state index contributed by atoms with van der Waals surface area (Å²) in [7, 11) is 1.70. The number of fused-ring (bicyclic) bond motifs is 4. The summed E-state index contributed by atoms with van der Waals surface area (Å²) in [6.45, 7) is 2.15. The van der Waals surface area contributed by atoms with Crippen LogP contribution in [0.2, 0.25) is 0 Å². The van der Waals surface area contributed by atoms with E-state index in [-0.39, 0.29) is 0 Å². The van der Waals surface area contributed by atoms with Gasteiger partial charge in [0.1, 0.15) is 5.75 Å². The van der Waals surface area contributed by atoms with Crippen molar-refractivity contribution in [3.05, 3.63) is 77.1 Å². The highest BCUT2D eigenvalue weighted by atomic mass is 16.5. The molecule has 0 atom stereocenters. The molecule has 1 aliphatic rings. The Labute approximate surface area is 170 Å². The van der Waals surface area contributed by atoms with Gasteiger partial charge in [-0.3, -0.25) is 0 Å². The normalized spacial score (nSPS) is 12.3. The van der Waals surface area contributed by atoms with Crippen LogP contribution >= 0.6 is 0 Å². The summed E-state index contributed by atoms with van der Waals surface area (Å²) in [6, 6.07) is 20.8. The maximum absolute atomic E-state index is 9.44. The number of methoxy groups -OCH3 is 1. The van der Waals surface area contributed by atoms with Crippen LogP contribution in [0.3, 0.4) is 0 Å². The Morgan fingerprint density at radius 2 is 1.97 bits per heavy atom.